The van der Waals surface area contributed by atoms with Crippen LogP contribution in [0.5, 0.6) is 0 Å². The van der Waals surface area contributed by atoms with Crippen LogP contribution in [0.3, 0.4) is 0 Å². The smallest absolute Gasteiger partial charge is 0.0769 e. The van der Waals surface area contributed by atoms with Crippen LogP contribution in [0.1, 0.15) is 30.9 Å². The van der Waals surface area contributed by atoms with Gasteiger partial charge in [-0.2, -0.15) is 15.3 Å². The van der Waals surface area contributed by atoms with Crippen LogP contribution in [0.2, 0.25) is 0 Å². The molecular formula is C13H18BrN5. The zero-order valence-electron chi connectivity index (χ0n) is 11.2. The van der Waals surface area contributed by atoms with Gasteiger partial charge in [-0.25, -0.2) is 0 Å². The lowest BCUT2D eigenvalue weighted by Gasteiger charge is -2.07. The molecule has 0 amide bonds. The minimum atomic E-state index is 0.705. The first-order valence-electron chi connectivity index (χ1n) is 6.47. The largest absolute Gasteiger partial charge is 0.305 e. The van der Waals surface area contributed by atoms with E-state index in [1.54, 1.807) is 6.20 Å². The maximum absolute atomic E-state index is 4.57. The van der Waals surface area contributed by atoms with Gasteiger partial charge in [0.1, 0.15) is 0 Å². The predicted octanol–water partition coefficient (Wildman–Crippen LogP) is 2.31. The van der Waals surface area contributed by atoms with Crippen molar-refractivity contribution in [1.29, 1.82) is 0 Å². The van der Waals surface area contributed by atoms with Crippen molar-refractivity contribution in [3.8, 4) is 0 Å². The van der Waals surface area contributed by atoms with Gasteiger partial charge in [-0.15, -0.1) is 0 Å². The first kappa shape index (κ1) is 14.1. The molecule has 0 saturated carbocycles. The van der Waals surface area contributed by atoms with E-state index in [1.165, 1.54) is 5.69 Å². The van der Waals surface area contributed by atoms with Gasteiger partial charge in [0.05, 0.1) is 21.6 Å². The molecule has 5 nitrogen and oxygen atoms in total. The molecule has 0 aliphatic heterocycles. The third-order valence-electron chi connectivity index (χ3n) is 2.92. The van der Waals surface area contributed by atoms with Crippen LogP contribution in [0.4, 0.5) is 0 Å². The van der Waals surface area contributed by atoms with Crippen molar-refractivity contribution in [3.63, 3.8) is 0 Å². The summed E-state index contributed by atoms with van der Waals surface area (Å²) in [5.41, 5.74) is 3.23. The van der Waals surface area contributed by atoms with E-state index in [9.17, 15) is 0 Å². The highest BCUT2D eigenvalue weighted by Gasteiger charge is 2.13. The van der Waals surface area contributed by atoms with Crippen molar-refractivity contribution in [2.75, 3.05) is 0 Å². The summed E-state index contributed by atoms with van der Waals surface area (Å²) in [6, 6.07) is 3.86. The zero-order chi connectivity index (χ0) is 13.7. The molecule has 0 spiro atoms. The summed E-state index contributed by atoms with van der Waals surface area (Å²) < 4.78 is 3.15. The third-order valence-corrected chi connectivity index (χ3v) is 3.84. The Morgan fingerprint density at radius 3 is 2.79 bits per heavy atom. The second-order valence-corrected chi connectivity index (χ2v) is 4.99. The van der Waals surface area contributed by atoms with E-state index in [4.69, 9.17) is 0 Å². The summed E-state index contributed by atoms with van der Waals surface area (Å²) in [6.45, 7) is 6.56. The number of halogens is 1. The Hall–Kier alpha value is -1.27. The van der Waals surface area contributed by atoms with E-state index in [1.807, 2.05) is 16.8 Å². The molecule has 0 aliphatic carbocycles. The summed E-state index contributed by atoms with van der Waals surface area (Å²) in [4.78, 5) is 0. The first-order valence-corrected chi connectivity index (χ1v) is 7.26. The van der Waals surface area contributed by atoms with E-state index in [0.29, 0.717) is 6.54 Å². The van der Waals surface area contributed by atoms with E-state index < -0.39 is 0 Å². The molecule has 19 heavy (non-hydrogen) atoms. The Labute approximate surface area is 121 Å². The van der Waals surface area contributed by atoms with Crippen molar-refractivity contribution in [2.24, 2.45) is 0 Å². The molecule has 1 N–H and O–H groups in total. The van der Waals surface area contributed by atoms with Crippen LogP contribution in [-0.4, -0.2) is 20.0 Å². The van der Waals surface area contributed by atoms with Gasteiger partial charge in [0.15, 0.2) is 0 Å². The van der Waals surface area contributed by atoms with Crippen molar-refractivity contribution in [1.82, 2.24) is 25.3 Å². The lowest BCUT2D eigenvalue weighted by Crippen LogP contribution is -2.17. The van der Waals surface area contributed by atoms with Crippen LogP contribution in [0.25, 0.3) is 0 Å². The first-order chi connectivity index (χ1) is 9.26. The lowest BCUT2D eigenvalue weighted by molar-refractivity contribution is 0.572. The van der Waals surface area contributed by atoms with Crippen molar-refractivity contribution in [3.05, 3.63) is 39.9 Å². The maximum Gasteiger partial charge on any atom is 0.0769 e. The van der Waals surface area contributed by atoms with Crippen molar-refractivity contribution >= 4 is 15.9 Å². The molecule has 0 unspecified atom stereocenters. The molecule has 102 valence electrons. The molecule has 2 heterocycles. The van der Waals surface area contributed by atoms with E-state index in [2.05, 4.69) is 50.4 Å². The van der Waals surface area contributed by atoms with Gasteiger partial charge in [-0.3, -0.25) is 4.68 Å². The summed E-state index contributed by atoms with van der Waals surface area (Å²) in [6.07, 6.45) is 2.62. The average molecular weight is 324 g/mol. The number of aromatic nitrogens is 4. The number of nitrogens with zero attached hydrogens (tertiary/aromatic N) is 4. The van der Waals surface area contributed by atoms with Gasteiger partial charge in [0.25, 0.3) is 0 Å². The molecule has 2 rings (SSSR count). The van der Waals surface area contributed by atoms with Crippen LogP contribution < -0.4 is 5.32 Å². The molecule has 6 heteroatoms. The van der Waals surface area contributed by atoms with Crippen LogP contribution in [0.15, 0.2) is 22.8 Å². The Balaban J connectivity index is 2.01. The van der Waals surface area contributed by atoms with Crippen LogP contribution in [0, 0.1) is 0 Å². The minimum Gasteiger partial charge on any atom is -0.305 e. The Bertz CT molecular complexity index is 523. The number of nitrogens with one attached hydrogen (secondary N) is 1. The van der Waals surface area contributed by atoms with Crippen molar-refractivity contribution < 1.29 is 0 Å². The Morgan fingerprint density at radius 1 is 1.32 bits per heavy atom. The van der Waals surface area contributed by atoms with E-state index in [-0.39, 0.29) is 0 Å². The molecule has 2 aromatic heterocycles. The topological polar surface area (TPSA) is 55.6 Å². The van der Waals surface area contributed by atoms with Gasteiger partial charge in [0, 0.05) is 25.8 Å². The predicted molar refractivity (Wildman–Crippen MR) is 77.6 cm³/mol. The van der Waals surface area contributed by atoms with Crippen molar-refractivity contribution in [2.45, 2.75) is 39.9 Å². The highest BCUT2D eigenvalue weighted by molar-refractivity contribution is 9.10. The summed E-state index contributed by atoms with van der Waals surface area (Å²) in [5, 5.41) is 15.9. The fraction of sp³-hybridized carbons (Fsp3) is 0.462. The van der Waals surface area contributed by atoms with Crippen LogP contribution in [-0.2, 0) is 26.1 Å². The molecule has 0 bridgehead atoms. The monoisotopic (exact) mass is 323 g/mol. The van der Waals surface area contributed by atoms with E-state index in [0.717, 1.165) is 35.4 Å². The molecule has 0 radical (unpaired) electrons. The molecular weight excluding hydrogens is 306 g/mol. The molecule has 0 aliphatic rings. The van der Waals surface area contributed by atoms with E-state index >= 15 is 0 Å². The zero-order valence-corrected chi connectivity index (χ0v) is 12.8. The highest BCUT2D eigenvalue weighted by atomic mass is 79.9. The minimum absolute atomic E-state index is 0.705. The summed E-state index contributed by atoms with van der Waals surface area (Å²) >= 11 is 3.64. The summed E-state index contributed by atoms with van der Waals surface area (Å²) in [5.74, 6) is 0. The van der Waals surface area contributed by atoms with Crippen LogP contribution >= 0.6 is 15.9 Å². The number of rotatable bonds is 6. The van der Waals surface area contributed by atoms with Gasteiger partial charge in [-0.05, 0) is 41.4 Å². The number of hydrogen-bond donors (Lipinski definition) is 1. The number of hydrogen-bond acceptors (Lipinski definition) is 4. The molecule has 0 fully saturated rings. The molecule has 0 atom stereocenters. The lowest BCUT2D eigenvalue weighted by atomic mass is 10.3. The summed E-state index contributed by atoms with van der Waals surface area (Å²) in [7, 11) is 0. The quantitative estimate of drug-likeness (QED) is 0.886. The average Bonchev–Trinajstić information content (AvgIpc) is 2.76. The van der Waals surface area contributed by atoms with Gasteiger partial charge in [0.2, 0.25) is 0 Å². The molecule has 0 saturated heterocycles. The number of aryl methyl sites for hydroxylation is 2. The standard InChI is InChI=1S/C13H18BrN5/c1-3-11-13(14)12(19(4-2)18-11)9-15-8-10-6-5-7-16-17-10/h5-7,15H,3-4,8-9H2,1-2H3. The fourth-order valence-corrected chi connectivity index (χ4v) is 2.63. The highest BCUT2D eigenvalue weighted by Crippen LogP contribution is 2.22. The third kappa shape index (κ3) is 3.39. The van der Waals surface area contributed by atoms with Gasteiger partial charge < -0.3 is 5.32 Å². The maximum atomic E-state index is 4.57. The second kappa shape index (κ2) is 6.77. The Morgan fingerprint density at radius 2 is 2.16 bits per heavy atom. The van der Waals surface area contributed by atoms with Gasteiger partial charge >= 0.3 is 0 Å². The Kier molecular flexibility index (Phi) is 5.04. The normalized spacial score (nSPS) is 10.9. The molecule has 2 aromatic rings. The SMILES string of the molecule is CCc1nn(CC)c(CNCc2cccnn2)c1Br. The molecule has 0 aromatic carbocycles. The van der Waals surface area contributed by atoms with Gasteiger partial charge in [-0.1, -0.05) is 6.92 Å². The second-order valence-electron chi connectivity index (χ2n) is 4.20. The fourth-order valence-electron chi connectivity index (χ4n) is 1.92.